The predicted molar refractivity (Wildman–Crippen MR) is 45.2 cm³/mol. The molecule has 1 aliphatic carbocycles. The number of alkyl halides is 2. The highest BCUT2D eigenvalue weighted by molar-refractivity contribution is 4.73. The highest BCUT2D eigenvalue weighted by Crippen LogP contribution is 2.31. The van der Waals surface area contributed by atoms with Gasteiger partial charge in [0.1, 0.15) is 0 Å². The minimum Gasteiger partial charge on any atom is -0.325 e. The van der Waals surface area contributed by atoms with Crippen LogP contribution < -0.4 is 5.73 Å². The van der Waals surface area contributed by atoms with E-state index in [9.17, 15) is 8.78 Å². The minimum atomic E-state index is -2.62. The standard InChI is InChI=1S/C9H17F2N/c10-9(11,7-12)6-5-8-3-1-2-4-8/h8H,1-7,12H2. The van der Waals surface area contributed by atoms with Crippen molar-refractivity contribution in [1.82, 2.24) is 0 Å². The van der Waals surface area contributed by atoms with E-state index in [1.165, 1.54) is 12.8 Å². The largest absolute Gasteiger partial charge is 0.325 e. The summed E-state index contributed by atoms with van der Waals surface area (Å²) < 4.78 is 25.4. The van der Waals surface area contributed by atoms with Crippen LogP contribution in [0.3, 0.4) is 0 Å². The van der Waals surface area contributed by atoms with Crippen LogP contribution in [0.25, 0.3) is 0 Å². The normalized spacial score (nSPS) is 20.2. The van der Waals surface area contributed by atoms with E-state index in [-0.39, 0.29) is 6.42 Å². The Labute approximate surface area is 72.3 Å². The fraction of sp³-hybridized carbons (Fsp3) is 1.00. The molecule has 0 spiro atoms. The summed E-state index contributed by atoms with van der Waals surface area (Å²) in [7, 11) is 0. The van der Waals surface area contributed by atoms with Gasteiger partial charge in [0.2, 0.25) is 0 Å². The average Bonchev–Trinajstić information content (AvgIpc) is 2.53. The van der Waals surface area contributed by atoms with Crippen molar-refractivity contribution in [2.45, 2.75) is 44.4 Å². The number of hydrogen-bond donors (Lipinski definition) is 1. The van der Waals surface area contributed by atoms with Crippen LogP contribution in [0.2, 0.25) is 0 Å². The first kappa shape index (κ1) is 9.90. The highest BCUT2D eigenvalue weighted by atomic mass is 19.3. The molecule has 72 valence electrons. The minimum absolute atomic E-state index is 0.0197. The molecule has 0 amide bonds. The molecule has 0 heterocycles. The Morgan fingerprint density at radius 2 is 1.83 bits per heavy atom. The van der Waals surface area contributed by atoms with Crippen molar-refractivity contribution in [3.05, 3.63) is 0 Å². The smallest absolute Gasteiger partial charge is 0.260 e. The van der Waals surface area contributed by atoms with Crippen molar-refractivity contribution in [2.24, 2.45) is 11.7 Å². The Bertz CT molecular complexity index is 130. The third-order valence-electron chi connectivity index (χ3n) is 2.69. The summed E-state index contributed by atoms with van der Waals surface area (Å²) in [6, 6.07) is 0. The van der Waals surface area contributed by atoms with Gasteiger partial charge in [-0.15, -0.1) is 0 Å². The van der Waals surface area contributed by atoms with Crippen LogP contribution in [0.15, 0.2) is 0 Å². The summed E-state index contributed by atoms with van der Waals surface area (Å²) in [6.45, 7) is -0.500. The van der Waals surface area contributed by atoms with E-state index in [1.54, 1.807) is 0 Å². The number of nitrogens with two attached hydrogens (primary N) is 1. The van der Waals surface area contributed by atoms with Gasteiger partial charge in [0.25, 0.3) is 5.92 Å². The Hall–Kier alpha value is -0.180. The van der Waals surface area contributed by atoms with Crippen LogP contribution in [0, 0.1) is 5.92 Å². The maximum atomic E-state index is 12.7. The lowest BCUT2D eigenvalue weighted by Crippen LogP contribution is -2.28. The van der Waals surface area contributed by atoms with Gasteiger partial charge in [-0.3, -0.25) is 0 Å². The topological polar surface area (TPSA) is 26.0 Å². The van der Waals surface area contributed by atoms with E-state index < -0.39 is 12.5 Å². The maximum absolute atomic E-state index is 12.7. The molecule has 0 aromatic rings. The van der Waals surface area contributed by atoms with Crippen molar-refractivity contribution < 1.29 is 8.78 Å². The first-order valence-corrected chi connectivity index (χ1v) is 4.72. The zero-order chi connectivity index (χ0) is 9.03. The fourth-order valence-electron chi connectivity index (χ4n) is 1.82. The van der Waals surface area contributed by atoms with Crippen LogP contribution >= 0.6 is 0 Å². The molecule has 1 rings (SSSR count). The second-order valence-corrected chi connectivity index (χ2v) is 3.75. The van der Waals surface area contributed by atoms with Gasteiger partial charge in [0.05, 0.1) is 6.54 Å². The van der Waals surface area contributed by atoms with Crippen LogP contribution in [0.4, 0.5) is 8.78 Å². The molecule has 2 N–H and O–H groups in total. The molecule has 1 fully saturated rings. The Morgan fingerprint density at radius 1 is 1.25 bits per heavy atom. The molecule has 0 bridgehead atoms. The van der Waals surface area contributed by atoms with Gasteiger partial charge < -0.3 is 5.73 Å². The molecular weight excluding hydrogens is 160 g/mol. The second-order valence-electron chi connectivity index (χ2n) is 3.75. The van der Waals surface area contributed by atoms with E-state index in [1.807, 2.05) is 0 Å². The van der Waals surface area contributed by atoms with E-state index in [0.29, 0.717) is 12.3 Å². The monoisotopic (exact) mass is 177 g/mol. The van der Waals surface area contributed by atoms with Crippen molar-refractivity contribution in [3.8, 4) is 0 Å². The molecule has 3 heteroatoms. The number of rotatable bonds is 4. The molecule has 1 saturated carbocycles. The van der Waals surface area contributed by atoms with Gasteiger partial charge >= 0.3 is 0 Å². The molecule has 1 nitrogen and oxygen atoms in total. The summed E-state index contributed by atoms with van der Waals surface area (Å²) in [4.78, 5) is 0. The van der Waals surface area contributed by atoms with Crippen LogP contribution in [-0.2, 0) is 0 Å². The van der Waals surface area contributed by atoms with Gasteiger partial charge in [0.15, 0.2) is 0 Å². The quantitative estimate of drug-likeness (QED) is 0.701. The van der Waals surface area contributed by atoms with Crippen LogP contribution in [-0.4, -0.2) is 12.5 Å². The summed E-state index contributed by atoms with van der Waals surface area (Å²) in [5, 5.41) is 0. The molecule has 0 aromatic carbocycles. The third-order valence-corrected chi connectivity index (χ3v) is 2.69. The lowest BCUT2D eigenvalue weighted by Gasteiger charge is -2.16. The van der Waals surface area contributed by atoms with E-state index in [4.69, 9.17) is 5.73 Å². The van der Waals surface area contributed by atoms with Crippen molar-refractivity contribution in [3.63, 3.8) is 0 Å². The lowest BCUT2D eigenvalue weighted by molar-refractivity contribution is -0.00363. The summed E-state index contributed by atoms with van der Waals surface area (Å²) in [5.41, 5.74) is 4.94. The predicted octanol–water partition coefficient (Wildman–Crippen LogP) is 2.55. The van der Waals surface area contributed by atoms with E-state index in [0.717, 1.165) is 12.8 Å². The summed E-state index contributed by atoms with van der Waals surface area (Å²) >= 11 is 0. The number of halogens is 2. The molecule has 0 atom stereocenters. The van der Waals surface area contributed by atoms with Crippen LogP contribution in [0.1, 0.15) is 38.5 Å². The van der Waals surface area contributed by atoms with Crippen molar-refractivity contribution >= 4 is 0 Å². The van der Waals surface area contributed by atoms with Gasteiger partial charge in [-0.2, -0.15) is 0 Å². The van der Waals surface area contributed by atoms with Gasteiger partial charge in [-0.25, -0.2) is 8.78 Å². The molecule has 0 radical (unpaired) electrons. The summed E-state index contributed by atoms with van der Waals surface area (Å²) in [5.74, 6) is -2.08. The molecule has 0 saturated heterocycles. The first-order valence-electron chi connectivity index (χ1n) is 4.72. The zero-order valence-corrected chi connectivity index (χ0v) is 7.36. The Kier molecular flexibility index (Phi) is 3.44. The third kappa shape index (κ3) is 3.05. The summed E-state index contributed by atoms with van der Waals surface area (Å²) in [6.07, 6.45) is 5.36. The van der Waals surface area contributed by atoms with E-state index in [2.05, 4.69) is 0 Å². The SMILES string of the molecule is NCC(F)(F)CCC1CCCC1. The first-order chi connectivity index (χ1) is 5.64. The Balaban J connectivity index is 2.15. The molecule has 0 aromatic heterocycles. The zero-order valence-electron chi connectivity index (χ0n) is 7.36. The number of hydrogen-bond acceptors (Lipinski definition) is 1. The van der Waals surface area contributed by atoms with Gasteiger partial charge in [-0.1, -0.05) is 25.7 Å². The van der Waals surface area contributed by atoms with Crippen molar-refractivity contribution in [2.75, 3.05) is 6.54 Å². The lowest BCUT2D eigenvalue weighted by atomic mass is 9.99. The molecule has 1 aliphatic rings. The molecule has 0 unspecified atom stereocenters. The Morgan fingerprint density at radius 3 is 2.33 bits per heavy atom. The fourth-order valence-corrected chi connectivity index (χ4v) is 1.82. The average molecular weight is 177 g/mol. The molecule has 12 heavy (non-hydrogen) atoms. The molecule has 0 aliphatic heterocycles. The highest BCUT2D eigenvalue weighted by Gasteiger charge is 2.28. The van der Waals surface area contributed by atoms with Crippen LogP contribution in [0.5, 0.6) is 0 Å². The maximum Gasteiger partial charge on any atom is 0.260 e. The van der Waals surface area contributed by atoms with Gasteiger partial charge in [-0.05, 0) is 12.3 Å². The van der Waals surface area contributed by atoms with E-state index >= 15 is 0 Å². The second kappa shape index (κ2) is 4.17. The van der Waals surface area contributed by atoms with Gasteiger partial charge in [0, 0.05) is 6.42 Å². The van der Waals surface area contributed by atoms with Crippen molar-refractivity contribution in [1.29, 1.82) is 0 Å². The molecular formula is C9H17F2N.